The van der Waals surface area contributed by atoms with Crippen molar-refractivity contribution in [3.63, 3.8) is 0 Å². The minimum atomic E-state index is -0.439. The van der Waals surface area contributed by atoms with E-state index in [1.54, 1.807) is 13.2 Å². The topological polar surface area (TPSA) is 96.1 Å². The molecule has 0 aliphatic heterocycles. The van der Waals surface area contributed by atoms with Crippen LogP contribution in [0.3, 0.4) is 0 Å². The zero-order valence-corrected chi connectivity index (χ0v) is 13.9. The number of aromatic amines is 1. The van der Waals surface area contributed by atoms with Gasteiger partial charge in [-0.25, -0.2) is 0 Å². The molecule has 2 aromatic rings. The van der Waals surface area contributed by atoms with E-state index < -0.39 is 5.91 Å². The van der Waals surface area contributed by atoms with Gasteiger partial charge in [0.05, 0.1) is 12.8 Å². The molecule has 2 rings (SSSR count). The van der Waals surface area contributed by atoms with E-state index in [-0.39, 0.29) is 11.6 Å². The molecule has 1 aromatic heterocycles. The van der Waals surface area contributed by atoms with E-state index >= 15 is 0 Å². The Morgan fingerprint density at radius 1 is 1.17 bits per heavy atom. The molecule has 0 fully saturated rings. The predicted molar refractivity (Wildman–Crippen MR) is 90.3 cm³/mol. The monoisotopic (exact) mass is 330 g/mol. The van der Waals surface area contributed by atoms with E-state index in [2.05, 4.69) is 28.0 Å². The maximum absolute atomic E-state index is 12.0. The summed E-state index contributed by atoms with van der Waals surface area (Å²) < 4.78 is 5.11. The molecule has 128 valence electrons. The minimum Gasteiger partial charge on any atom is -0.497 e. The van der Waals surface area contributed by atoms with Crippen molar-refractivity contribution in [2.24, 2.45) is 0 Å². The molecule has 1 aromatic carbocycles. The molecule has 0 saturated carbocycles. The highest BCUT2D eigenvalue weighted by molar-refractivity contribution is 5.94. The smallest absolute Gasteiger partial charge is 0.287 e. The Morgan fingerprint density at radius 2 is 1.92 bits per heavy atom. The van der Waals surface area contributed by atoms with Gasteiger partial charge in [0.25, 0.3) is 5.91 Å². The van der Waals surface area contributed by atoms with E-state index in [1.807, 2.05) is 24.3 Å². The highest BCUT2D eigenvalue weighted by atomic mass is 16.5. The molecule has 0 bridgehead atoms. The molecule has 24 heavy (non-hydrogen) atoms. The first-order valence-corrected chi connectivity index (χ1v) is 7.93. The lowest BCUT2D eigenvalue weighted by Crippen LogP contribution is -2.41. The number of H-pyrrole nitrogens is 1. The predicted octanol–water partition coefficient (Wildman–Crippen LogP) is 2.43. The fourth-order valence-corrected chi connectivity index (χ4v) is 2.14. The first kappa shape index (κ1) is 17.5. The Balaban J connectivity index is 1.89. The molecular formula is C17H22N4O3. The maximum Gasteiger partial charge on any atom is 0.287 e. The average Bonchev–Trinajstić information content (AvgIpc) is 3.10. The van der Waals surface area contributed by atoms with Gasteiger partial charge < -0.3 is 4.74 Å². The molecule has 2 amide bonds. The van der Waals surface area contributed by atoms with Crippen LogP contribution in [0.25, 0.3) is 11.3 Å². The van der Waals surface area contributed by atoms with Crippen molar-refractivity contribution in [3.8, 4) is 17.0 Å². The Hall–Kier alpha value is -2.83. The summed E-state index contributed by atoms with van der Waals surface area (Å²) in [6.07, 6.45) is 3.24. The standard InChI is InChI=1S/C17H22N4O3/c1-3-4-5-6-16(22)20-21-17(23)15-11-14(18-19-15)12-7-9-13(24-2)10-8-12/h7-11H,3-6H2,1-2H3,(H,18,19)(H,20,22)(H,21,23). The molecule has 3 N–H and O–H groups in total. The fourth-order valence-electron chi connectivity index (χ4n) is 2.14. The van der Waals surface area contributed by atoms with Gasteiger partial charge in [-0.2, -0.15) is 5.10 Å². The van der Waals surface area contributed by atoms with Crippen LogP contribution in [-0.2, 0) is 4.79 Å². The van der Waals surface area contributed by atoms with E-state index in [0.29, 0.717) is 12.1 Å². The third kappa shape index (κ3) is 4.84. The van der Waals surface area contributed by atoms with Gasteiger partial charge in [-0.15, -0.1) is 0 Å². The summed E-state index contributed by atoms with van der Waals surface area (Å²) in [5.41, 5.74) is 6.55. The second kappa shape index (κ2) is 8.71. The largest absolute Gasteiger partial charge is 0.497 e. The number of rotatable bonds is 7. The fraction of sp³-hybridized carbons (Fsp3) is 0.353. The van der Waals surface area contributed by atoms with Crippen LogP contribution in [0.1, 0.15) is 43.1 Å². The number of hydrazine groups is 1. The van der Waals surface area contributed by atoms with E-state index in [1.165, 1.54) is 0 Å². The lowest BCUT2D eigenvalue weighted by molar-refractivity contribution is -0.121. The summed E-state index contributed by atoms with van der Waals surface area (Å²) in [5.74, 6) is 0.107. The molecule has 0 saturated heterocycles. The van der Waals surface area contributed by atoms with Crippen molar-refractivity contribution >= 4 is 11.8 Å². The number of amides is 2. The number of unbranched alkanes of at least 4 members (excludes halogenated alkanes) is 2. The molecule has 7 heteroatoms. The highest BCUT2D eigenvalue weighted by Gasteiger charge is 2.12. The lowest BCUT2D eigenvalue weighted by atomic mass is 10.1. The van der Waals surface area contributed by atoms with Crippen LogP contribution >= 0.6 is 0 Å². The molecule has 0 spiro atoms. The van der Waals surface area contributed by atoms with Gasteiger partial charge in [0.15, 0.2) is 0 Å². The summed E-state index contributed by atoms with van der Waals surface area (Å²) in [7, 11) is 1.60. The Labute approximate surface area is 140 Å². The highest BCUT2D eigenvalue weighted by Crippen LogP contribution is 2.20. The van der Waals surface area contributed by atoms with Gasteiger partial charge >= 0.3 is 0 Å². The summed E-state index contributed by atoms with van der Waals surface area (Å²) in [4.78, 5) is 23.6. The number of carbonyl (C=O) groups excluding carboxylic acids is 2. The zero-order valence-electron chi connectivity index (χ0n) is 13.9. The Morgan fingerprint density at radius 3 is 2.58 bits per heavy atom. The molecule has 0 aliphatic rings. The SMILES string of the molecule is CCCCCC(=O)NNC(=O)c1cc(-c2ccc(OC)cc2)n[nH]1. The molecular weight excluding hydrogens is 308 g/mol. The van der Waals surface area contributed by atoms with E-state index in [0.717, 1.165) is 30.6 Å². The lowest BCUT2D eigenvalue weighted by Gasteiger charge is -2.05. The third-order valence-corrected chi connectivity index (χ3v) is 3.53. The van der Waals surface area contributed by atoms with Crippen LogP contribution in [0, 0.1) is 0 Å². The van der Waals surface area contributed by atoms with E-state index in [9.17, 15) is 9.59 Å². The van der Waals surface area contributed by atoms with E-state index in [4.69, 9.17) is 4.74 Å². The van der Waals surface area contributed by atoms with Crippen LogP contribution in [0.4, 0.5) is 0 Å². The third-order valence-electron chi connectivity index (χ3n) is 3.53. The summed E-state index contributed by atoms with van der Waals surface area (Å²) in [6, 6.07) is 8.97. The number of methoxy groups -OCH3 is 1. The summed E-state index contributed by atoms with van der Waals surface area (Å²) >= 11 is 0. The maximum atomic E-state index is 12.0. The molecule has 0 unspecified atom stereocenters. The normalized spacial score (nSPS) is 10.2. The number of carbonyl (C=O) groups is 2. The number of nitrogens with one attached hydrogen (secondary N) is 3. The number of nitrogens with zero attached hydrogens (tertiary/aromatic N) is 1. The van der Waals surface area contributed by atoms with Crippen LogP contribution in [0.15, 0.2) is 30.3 Å². The van der Waals surface area contributed by atoms with Crippen molar-refractivity contribution in [2.75, 3.05) is 7.11 Å². The van der Waals surface area contributed by atoms with Gasteiger partial charge in [-0.1, -0.05) is 19.8 Å². The minimum absolute atomic E-state index is 0.202. The molecule has 0 aliphatic carbocycles. The van der Waals surface area contributed by atoms with Crippen LogP contribution < -0.4 is 15.6 Å². The van der Waals surface area contributed by atoms with Crippen molar-refractivity contribution in [1.29, 1.82) is 0 Å². The van der Waals surface area contributed by atoms with Crippen molar-refractivity contribution in [2.45, 2.75) is 32.6 Å². The van der Waals surface area contributed by atoms with Gasteiger partial charge in [-0.05, 0) is 36.8 Å². The Bertz CT molecular complexity index is 679. The first-order chi connectivity index (χ1) is 11.6. The van der Waals surface area contributed by atoms with Crippen molar-refractivity contribution in [1.82, 2.24) is 21.0 Å². The molecule has 0 radical (unpaired) electrons. The number of hydrogen-bond acceptors (Lipinski definition) is 4. The molecule has 7 nitrogen and oxygen atoms in total. The van der Waals surface area contributed by atoms with Gasteiger partial charge in [-0.3, -0.25) is 25.5 Å². The summed E-state index contributed by atoms with van der Waals surface area (Å²) in [5, 5.41) is 6.78. The Kier molecular flexibility index (Phi) is 6.36. The van der Waals surface area contributed by atoms with Crippen molar-refractivity contribution < 1.29 is 14.3 Å². The van der Waals surface area contributed by atoms with Crippen molar-refractivity contribution in [3.05, 3.63) is 36.0 Å². The summed E-state index contributed by atoms with van der Waals surface area (Å²) in [6.45, 7) is 2.07. The number of aromatic nitrogens is 2. The second-order valence-corrected chi connectivity index (χ2v) is 5.35. The number of hydrogen-bond donors (Lipinski definition) is 3. The number of benzene rings is 1. The van der Waals surface area contributed by atoms with Crippen LogP contribution in [-0.4, -0.2) is 29.1 Å². The van der Waals surface area contributed by atoms with Gasteiger partial charge in [0, 0.05) is 12.0 Å². The second-order valence-electron chi connectivity index (χ2n) is 5.35. The van der Waals surface area contributed by atoms with Crippen LogP contribution in [0.2, 0.25) is 0 Å². The van der Waals surface area contributed by atoms with Gasteiger partial charge in [0.2, 0.25) is 5.91 Å². The average molecular weight is 330 g/mol. The first-order valence-electron chi connectivity index (χ1n) is 7.93. The molecule has 0 atom stereocenters. The number of ether oxygens (including phenoxy) is 1. The molecule has 1 heterocycles. The van der Waals surface area contributed by atoms with Crippen LogP contribution in [0.5, 0.6) is 5.75 Å². The zero-order chi connectivity index (χ0) is 17.4. The quantitative estimate of drug-likeness (QED) is 0.536. The van der Waals surface area contributed by atoms with Gasteiger partial charge in [0.1, 0.15) is 11.4 Å².